The van der Waals surface area contributed by atoms with Gasteiger partial charge in [-0.05, 0) is 13.8 Å². The molecule has 0 aliphatic carbocycles. The summed E-state index contributed by atoms with van der Waals surface area (Å²) in [4.78, 5) is 1.95. The highest BCUT2D eigenvalue weighted by molar-refractivity contribution is 7.92. The maximum Gasteiger partial charge on any atom is 0.153 e. The minimum absolute atomic E-state index is 0.206. The van der Waals surface area contributed by atoms with Gasteiger partial charge in [-0.25, -0.2) is 8.42 Å². The van der Waals surface area contributed by atoms with Crippen LogP contribution in [-0.4, -0.2) is 55.2 Å². The number of aliphatic hydroxyl groups excluding tert-OH is 1. The first-order valence-electron chi connectivity index (χ1n) is 4.54. The maximum absolute atomic E-state index is 11.4. The van der Waals surface area contributed by atoms with Crippen LogP contribution in [0.2, 0.25) is 0 Å². The standard InChI is InChI=1S/C8H17NO3S/c1-7(2)13(11,12)4-3-9-5-8(10)6-9/h7-8,10H,3-6H2,1-2H3. The molecule has 1 fully saturated rings. The second-order valence-corrected chi connectivity index (χ2v) is 6.51. The van der Waals surface area contributed by atoms with Crippen molar-refractivity contribution in [1.29, 1.82) is 0 Å². The number of likely N-dealkylation sites (tertiary alicyclic amines) is 1. The van der Waals surface area contributed by atoms with Gasteiger partial charge in [0.1, 0.15) is 0 Å². The SMILES string of the molecule is CC(C)S(=O)(=O)CCN1CC(O)C1. The molecule has 0 aromatic rings. The summed E-state index contributed by atoms with van der Waals surface area (Å²) >= 11 is 0. The van der Waals surface area contributed by atoms with E-state index >= 15 is 0 Å². The van der Waals surface area contributed by atoms with Gasteiger partial charge in [-0.1, -0.05) is 0 Å². The van der Waals surface area contributed by atoms with Crippen molar-refractivity contribution < 1.29 is 13.5 Å². The maximum atomic E-state index is 11.4. The molecular weight excluding hydrogens is 190 g/mol. The van der Waals surface area contributed by atoms with Crippen LogP contribution in [0.15, 0.2) is 0 Å². The number of sulfone groups is 1. The van der Waals surface area contributed by atoms with Crippen molar-refractivity contribution in [3.8, 4) is 0 Å². The lowest BCUT2D eigenvalue weighted by Gasteiger charge is -2.35. The van der Waals surface area contributed by atoms with Crippen molar-refractivity contribution in [1.82, 2.24) is 4.90 Å². The first kappa shape index (κ1) is 10.9. The van der Waals surface area contributed by atoms with E-state index in [-0.39, 0.29) is 17.1 Å². The van der Waals surface area contributed by atoms with Crippen LogP contribution in [0.25, 0.3) is 0 Å². The van der Waals surface area contributed by atoms with Crippen LogP contribution in [0.5, 0.6) is 0 Å². The molecule has 0 radical (unpaired) electrons. The van der Waals surface area contributed by atoms with Gasteiger partial charge in [0.2, 0.25) is 0 Å². The molecule has 0 amide bonds. The highest BCUT2D eigenvalue weighted by Crippen LogP contribution is 2.08. The molecular formula is C8H17NO3S. The zero-order chi connectivity index (χ0) is 10.1. The van der Waals surface area contributed by atoms with Gasteiger partial charge in [-0.2, -0.15) is 0 Å². The topological polar surface area (TPSA) is 57.6 Å². The Bertz CT molecular complexity index is 255. The molecule has 0 bridgehead atoms. The minimum atomic E-state index is -2.91. The Morgan fingerprint density at radius 3 is 2.38 bits per heavy atom. The lowest BCUT2D eigenvalue weighted by Crippen LogP contribution is -2.52. The normalized spacial score (nSPS) is 20.6. The Labute approximate surface area is 79.5 Å². The van der Waals surface area contributed by atoms with Gasteiger partial charge in [0.15, 0.2) is 9.84 Å². The number of rotatable bonds is 4. The molecule has 1 N–H and O–H groups in total. The lowest BCUT2D eigenvalue weighted by molar-refractivity contribution is 0.00621. The summed E-state index contributed by atoms with van der Waals surface area (Å²) < 4.78 is 22.7. The second kappa shape index (κ2) is 3.94. The van der Waals surface area contributed by atoms with E-state index in [2.05, 4.69) is 0 Å². The molecule has 0 aromatic heterocycles. The number of aliphatic hydroxyl groups is 1. The van der Waals surface area contributed by atoms with E-state index in [4.69, 9.17) is 5.11 Å². The Morgan fingerprint density at radius 2 is 2.00 bits per heavy atom. The van der Waals surface area contributed by atoms with Crippen LogP contribution in [0, 0.1) is 0 Å². The Balaban J connectivity index is 2.27. The molecule has 78 valence electrons. The third-order valence-corrected chi connectivity index (χ3v) is 4.54. The average Bonchev–Trinajstić information content (AvgIpc) is 1.95. The van der Waals surface area contributed by atoms with E-state index in [0.29, 0.717) is 19.6 Å². The van der Waals surface area contributed by atoms with Crippen molar-refractivity contribution in [2.45, 2.75) is 25.2 Å². The van der Waals surface area contributed by atoms with Gasteiger partial charge in [-0.15, -0.1) is 0 Å². The predicted molar refractivity (Wildman–Crippen MR) is 51.4 cm³/mol. The molecule has 1 heterocycles. The number of nitrogens with zero attached hydrogens (tertiary/aromatic N) is 1. The van der Waals surface area contributed by atoms with Gasteiger partial charge >= 0.3 is 0 Å². The van der Waals surface area contributed by atoms with E-state index in [0.717, 1.165) is 0 Å². The fourth-order valence-electron chi connectivity index (χ4n) is 1.22. The number of β-amino-alcohol motifs (C(OH)–C–C–N with tert-alkyl or cyclic N) is 1. The van der Waals surface area contributed by atoms with Crippen molar-refractivity contribution in [2.75, 3.05) is 25.4 Å². The van der Waals surface area contributed by atoms with E-state index in [1.54, 1.807) is 13.8 Å². The summed E-state index contributed by atoms with van der Waals surface area (Å²) in [6.45, 7) is 5.18. The van der Waals surface area contributed by atoms with Crippen LogP contribution >= 0.6 is 0 Å². The summed E-state index contributed by atoms with van der Waals surface area (Å²) in [5.74, 6) is 0.206. The Kier molecular flexibility index (Phi) is 3.32. The molecule has 0 saturated carbocycles. The van der Waals surface area contributed by atoms with Crippen LogP contribution in [-0.2, 0) is 9.84 Å². The van der Waals surface area contributed by atoms with Gasteiger partial charge in [0, 0.05) is 19.6 Å². The fourth-order valence-corrected chi connectivity index (χ4v) is 2.20. The number of hydrogen-bond donors (Lipinski definition) is 1. The summed E-state index contributed by atoms with van der Waals surface area (Å²) in [6.07, 6.45) is -0.248. The lowest BCUT2D eigenvalue weighted by atomic mass is 10.2. The summed E-state index contributed by atoms with van der Waals surface area (Å²) in [5, 5.41) is 8.67. The van der Waals surface area contributed by atoms with Crippen LogP contribution < -0.4 is 0 Å². The van der Waals surface area contributed by atoms with E-state index < -0.39 is 9.84 Å². The van der Waals surface area contributed by atoms with Gasteiger partial charge in [0.05, 0.1) is 17.1 Å². The first-order chi connectivity index (χ1) is 5.92. The molecule has 0 atom stereocenters. The molecule has 13 heavy (non-hydrogen) atoms. The Hall–Kier alpha value is -0.130. The summed E-state index contributed by atoms with van der Waals surface area (Å²) in [5.41, 5.74) is 0. The van der Waals surface area contributed by atoms with Gasteiger partial charge in [-0.3, -0.25) is 4.90 Å². The first-order valence-corrected chi connectivity index (χ1v) is 6.25. The molecule has 0 unspecified atom stereocenters. The zero-order valence-electron chi connectivity index (χ0n) is 8.10. The monoisotopic (exact) mass is 207 g/mol. The molecule has 1 aliphatic heterocycles. The Morgan fingerprint density at radius 1 is 1.46 bits per heavy atom. The number of hydrogen-bond acceptors (Lipinski definition) is 4. The molecule has 0 spiro atoms. The van der Waals surface area contributed by atoms with Gasteiger partial charge in [0.25, 0.3) is 0 Å². The molecule has 5 heteroatoms. The van der Waals surface area contributed by atoms with Gasteiger partial charge < -0.3 is 5.11 Å². The molecule has 1 rings (SSSR count). The van der Waals surface area contributed by atoms with Crippen LogP contribution in [0.3, 0.4) is 0 Å². The van der Waals surface area contributed by atoms with Crippen LogP contribution in [0.1, 0.15) is 13.8 Å². The van der Waals surface area contributed by atoms with E-state index in [1.165, 1.54) is 0 Å². The highest BCUT2D eigenvalue weighted by Gasteiger charge is 2.26. The minimum Gasteiger partial charge on any atom is -0.390 e. The average molecular weight is 207 g/mol. The van der Waals surface area contributed by atoms with Crippen molar-refractivity contribution in [3.05, 3.63) is 0 Å². The van der Waals surface area contributed by atoms with Crippen molar-refractivity contribution >= 4 is 9.84 Å². The van der Waals surface area contributed by atoms with E-state index in [1.807, 2.05) is 4.90 Å². The van der Waals surface area contributed by atoms with Crippen LogP contribution in [0.4, 0.5) is 0 Å². The quantitative estimate of drug-likeness (QED) is 0.674. The molecule has 0 aromatic carbocycles. The summed E-state index contributed by atoms with van der Waals surface area (Å²) in [7, 11) is -2.91. The second-order valence-electron chi connectivity index (χ2n) is 3.83. The van der Waals surface area contributed by atoms with Crippen molar-refractivity contribution in [2.24, 2.45) is 0 Å². The summed E-state index contributed by atoms with van der Waals surface area (Å²) in [6, 6.07) is 0. The molecule has 1 saturated heterocycles. The zero-order valence-corrected chi connectivity index (χ0v) is 8.92. The molecule has 4 nitrogen and oxygen atoms in total. The third-order valence-electron chi connectivity index (χ3n) is 2.35. The largest absolute Gasteiger partial charge is 0.390 e. The van der Waals surface area contributed by atoms with E-state index in [9.17, 15) is 8.42 Å². The van der Waals surface area contributed by atoms with Crippen molar-refractivity contribution in [3.63, 3.8) is 0 Å². The third kappa shape index (κ3) is 2.93. The smallest absolute Gasteiger partial charge is 0.153 e. The fraction of sp³-hybridized carbons (Fsp3) is 1.00. The highest BCUT2D eigenvalue weighted by atomic mass is 32.2. The molecule has 1 aliphatic rings. The predicted octanol–water partition coefficient (Wildman–Crippen LogP) is -0.514.